The van der Waals surface area contributed by atoms with Crippen molar-refractivity contribution in [2.45, 2.75) is 19.4 Å². The molecule has 1 aliphatic rings. The highest BCUT2D eigenvalue weighted by atomic mass is 35.5. The normalized spacial score (nSPS) is 17.8. The molecule has 1 aromatic carbocycles. The van der Waals surface area contributed by atoms with E-state index < -0.39 is 0 Å². The average Bonchev–Trinajstić information content (AvgIpc) is 2.58. The van der Waals surface area contributed by atoms with E-state index in [1.807, 2.05) is 12.1 Å². The van der Waals surface area contributed by atoms with E-state index in [0.29, 0.717) is 5.02 Å². The minimum Gasteiger partial charge on any atom is -0.495 e. The van der Waals surface area contributed by atoms with Gasteiger partial charge in [0.1, 0.15) is 5.75 Å². The molecule has 0 spiro atoms. The van der Waals surface area contributed by atoms with E-state index in [9.17, 15) is 0 Å². The second-order valence-electron chi connectivity index (χ2n) is 4.49. The van der Waals surface area contributed by atoms with Gasteiger partial charge < -0.3 is 10.1 Å². The highest BCUT2D eigenvalue weighted by Crippen LogP contribution is 2.32. The summed E-state index contributed by atoms with van der Waals surface area (Å²) in [4.78, 5) is 4.59. The van der Waals surface area contributed by atoms with Gasteiger partial charge in [-0.1, -0.05) is 23.4 Å². The van der Waals surface area contributed by atoms with E-state index in [0.717, 1.165) is 22.4 Å². The number of ether oxygens (including phenoxy) is 1. The van der Waals surface area contributed by atoms with Crippen LogP contribution >= 0.6 is 23.4 Å². The van der Waals surface area contributed by atoms with Crippen molar-refractivity contribution in [3.05, 3.63) is 23.2 Å². The number of rotatable bonds is 2. The molecule has 1 N–H and O–H groups in total. The van der Waals surface area contributed by atoms with Crippen molar-refractivity contribution >= 4 is 34.2 Å². The van der Waals surface area contributed by atoms with E-state index in [1.165, 1.54) is 0 Å². The molecule has 5 heteroatoms. The smallest absolute Gasteiger partial charge is 0.161 e. The van der Waals surface area contributed by atoms with Crippen LogP contribution in [0.5, 0.6) is 5.75 Å². The lowest BCUT2D eigenvalue weighted by Gasteiger charge is -2.11. The molecule has 0 unspecified atom stereocenters. The van der Waals surface area contributed by atoms with Crippen LogP contribution in [-0.4, -0.2) is 23.6 Å². The summed E-state index contributed by atoms with van der Waals surface area (Å²) in [6.07, 6.45) is 0. The van der Waals surface area contributed by atoms with Crippen LogP contribution in [0.3, 0.4) is 0 Å². The number of thioether (sulfide) groups is 1. The number of nitrogens with zero attached hydrogens (tertiary/aromatic N) is 1. The maximum Gasteiger partial charge on any atom is 0.161 e. The van der Waals surface area contributed by atoms with Crippen LogP contribution in [-0.2, 0) is 0 Å². The molecule has 0 saturated heterocycles. The fraction of sp³-hybridized carbons (Fsp3) is 0.417. The SMILES string of the molecule is COc1ccc(Cl)cc1NC1=NC(C)(C)CS1. The first-order chi connectivity index (χ1) is 8.00. The Bertz CT molecular complexity index is 460. The first-order valence-electron chi connectivity index (χ1n) is 5.33. The van der Waals surface area contributed by atoms with Crippen LogP contribution in [0.25, 0.3) is 0 Å². The van der Waals surface area contributed by atoms with Crippen molar-refractivity contribution < 1.29 is 4.74 Å². The van der Waals surface area contributed by atoms with Gasteiger partial charge in [-0.15, -0.1) is 0 Å². The van der Waals surface area contributed by atoms with Gasteiger partial charge in [0.15, 0.2) is 5.17 Å². The van der Waals surface area contributed by atoms with Gasteiger partial charge in [0.25, 0.3) is 0 Å². The van der Waals surface area contributed by atoms with Crippen LogP contribution in [0.15, 0.2) is 23.2 Å². The zero-order chi connectivity index (χ0) is 12.5. The Balaban J connectivity index is 2.22. The summed E-state index contributed by atoms with van der Waals surface area (Å²) in [5.41, 5.74) is 0.850. The zero-order valence-corrected chi connectivity index (χ0v) is 11.7. The fourth-order valence-corrected chi connectivity index (χ4v) is 2.76. The maximum absolute atomic E-state index is 5.97. The summed E-state index contributed by atoms with van der Waals surface area (Å²) in [7, 11) is 1.64. The molecular formula is C12H15ClN2OS. The number of nitrogens with one attached hydrogen (secondary N) is 1. The number of anilines is 1. The third-order valence-electron chi connectivity index (χ3n) is 2.37. The Morgan fingerprint density at radius 3 is 2.82 bits per heavy atom. The molecule has 0 radical (unpaired) electrons. The molecule has 1 aromatic rings. The lowest BCUT2D eigenvalue weighted by atomic mass is 10.1. The molecule has 92 valence electrons. The molecule has 0 saturated carbocycles. The van der Waals surface area contributed by atoms with E-state index in [2.05, 4.69) is 24.2 Å². The minimum absolute atomic E-state index is 0.00118. The summed E-state index contributed by atoms with van der Waals surface area (Å²) in [6.45, 7) is 4.23. The summed E-state index contributed by atoms with van der Waals surface area (Å²) in [6, 6.07) is 5.49. The van der Waals surface area contributed by atoms with E-state index >= 15 is 0 Å². The highest BCUT2D eigenvalue weighted by molar-refractivity contribution is 8.14. The number of benzene rings is 1. The van der Waals surface area contributed by atoms with E-state index in [1.54, 1.807) is 24.9 Å². The van der Waals surface area contributed by atoms with Crippen molar-refractivity contribution in [2.24, 2.45) is 4.99 Å². The third-order valence-corrected chi connectivity index (χ3v) is 3.92. The van der Waals surface area contributed by atoms with Gasteiger partial charge in [0.05, 0.1) is 18.3 Å². The van der Waals surface area contributed by atoms with Crippen LogP contribution in [0.4, 0.5) is 5.69 Å². The molecule has 0 atom stereocenters. The lowest BCUT2D eigenvalue weighted by Crippen LogP contribution is -2.15. The monoisotopic (exact) mass is 270 g/mol. The number of aliphatic imine (C=N–C) groups is 1. The largest absolute Gasteiger partial charge is 0.495 e. The number of halogens is 1. The minimum atomic E-state index is -0.00118. The molecule has 2 rings (SSSR count). The third kappa shape index (κ3) is 3.07. The molecular weight excluding hydrogens is 256 g/mol. The summed E-state index contributed by atoms with van der Waals surface area (Å²) in [5, 5.41) is 4.85. The molecule has 3 nitrogen and oxygen atoms in total. The van der Waals surface area contributed by atoms with Gasteiger partial charge in [-0.2, -0.15) is 0 Å². The van der Waals surface area contributed by atoms with Gasteiger partial charge >= 0.3 is 0 Å². The van der Waals surface area contributed by atoms with E-state index in [-0.39, 0.29) is 5.54 Å². The first kappa shape index (κ1) is 12.6. The van der Waals surface area contributed by atoms with Crippen LogP contribution in [0.1, 0.15) is 13.8 Å². The second-order valence-corrected chi connectivity index (χ2v) is 5.89. The van der Waals surface area contributed by atoms with Gasteiger partial charge in [0.2, 0.25) is 0 Å². The summed E-state index contributed by atoms with van der Waals surface area (Å²) < 4.78 is 5.28. The quantitative estimate of drug-likeness (QED) is 0.891. The topological polar surface area (TPSA) is 33.6 Å². The van der Waals surface area contributed by atoms with Gasteiger partial charge in [-0.3, -0.25) is 4.99 Å². The number of amidine groups is 1. The van der Waals surface area contributed by atoms with Gasteiger partial charge in [-0.25, -0.2) is 0 Å². The van der Waals surface area contributed by atoms with Crippen LogP contribution < -0.4 is 10.1 Å². The average molecular weight is 271 g/mol. The Morgan fingerprint density at radius 1 is 1.47 bits per heavy atom. The van der Waals surface area contributed by atoms with Gasteiger partial charge in [0, 0.05) is 10.8 Å². The van der Waals surface area contributed by atoms with Crippen molar-refractivity contribution in [3.8, 4) is 5.75 Å². The fourth-order valence-electron chi connectivity index (χ4n) is 1.54. The van der Waals surface area contributed by atoms with Crippen LogP contribution in [0, 0.1) is 0 Å². The standard InChI is InChI=1S/C12H15ClN2OS/c1-12(2)7-17-11(15-12)14-9-6-8(13)4-5-10(9)16-3/h4-6H,7H2,1-3H3,(H,14,15). The Hall–Kier alpha value is -0.870. The predicted octanol–water partition coefficient (Wildman–Crippen LogP) is 3.64. The molecule has 0 bridgehead atoms. The number of methoxy groups -OCH3 is 1. The molecule has 0 aromatic heterocycles. The molecule has 1 heterocycles. The number of hydrogen-bond donors (Lipinski definition) is 1. The van der Waals surface area contributed by atoms with Crippen molar-refractivity contribution in [1.82, 2.24) is 0 Å². The summed E-state index contributed by atoms with van der Waals surface area (Å²) >= 11 is 7.68. The number of hydrogen-bond acceptors (Lipinski definition) is 4. The Morgan fingerprint density at radius 2 is 2.24 bits per heavy atom. The Labute approximate surface area is 111 Å². The first-order valence-corrected chi connectivity index (χ1v) is 6.70. The molecule has 0 aliphatic carbocycles. The van der Waals surface area contributed by atoms with Crippen molar-refractivity contribution in [2.75, 3.05) is 18.2 Å². The zero-order valence-electron chi connectivity index (χ0n) is 10.1. The molecule has 0 fully saturated rings. The second kappa shape index (κ2) is 4.78. The summed E-state index contributed by atoms with van der Waals surface area (Å²) in [5.74, 6) is 1.75. The Kier molecular flexibility index (Phi) is 3.54. The van der Waals surface area contributed by atoms with Crippen LogP contribution in [0.2, 0.25) is 5.02 Å². The predicted molar refractivity (Wildman–Crippen MR) is 75.6 cm³/mol. The highest BCUT2D eigenvalue weighted by Gasteiger charge is 2.25. The van der Waals surface area contributed by atoms with Gasteiger partial charge in [-0.05, 0) is 32.0 Å². The van der Waals surface area contributed by atoms with Crippen molar-refractivity contribution in [1.29, 1.82) is 0 Å². The lowest BCUT2D eigenvalue weighted by molar-refractivity contribution is 0.417. The molecule has 1 aliphatic heterocycles. The van der Waals surface area contributed by atoms with Crippen molar-refractivity contribution in [3.63, 3.8) is 0 Å². The maximum atomic E-state index is 5.97. The molecule has 0 amide bonds. The molecule has 17 heavy (non-hydrogen) atoms. The van der Waals surface area contributed by atoms with E-state index in [4.69, 9.17) is 16.3 Å².